The Labute approximate surface area is 95.8 Å². The Morgan fingerprint density at radius 2 is 2.38 bits per heavy atom. The smallest absolute Gasteiger partial charge is 0.237 e. The van der Waals surface area contributed by atoms with E-state index in [1.54, 1.807) is 6.20 Å². The molecule has 16 heavy (non-hydrogen) atoms. The lowest BCUT2D eigenvalue weighted by Crippen LogP contribution is -2.44. The van der Waals surface area contributed by atoms with Crippen LogP contribution in [0.3, 0.4) is 0 Å². The topological polar surface area (TPSA) is 83.8 Å². The quantitative estimate of drug-likeness (QED) is 0.688. The minimum atomic E-state index is -0.433. The lowest BCUT2D eigenvalue weighted by Gasteiger charge is -2.17. The first-order valence-electron chi connectivity index (χ1n) is 5.58. The monoisotopic (exact) mass is 224 g/mol. The van der Waals surface area contributed by atoms with E-state index in [-0.39, 0.29) is 11.8 Å². The van der Waals surface area contributed by atoms with Gasteiger partial charge < -0.3 is 11.1 Å². The normalized spacial score (nSPS) is 14.5. The summed E-state index contributed by atoms with van der Waals surface area (Å²) >= 11 is 0. The van der Waals surface area contributed by atoms with E-state index in [9.17, 15) is 4.79 Å². The van der Waals surface area contributed by atoms with Crippen LogP contribution in [0.2, 0.25) is 0 Å². The second-order valence-electron chi connectivity index (χ2n) is 4.15. The van der Waals surface area contributed by atoms with Crippen molar-refractivity contribution in [2.24, 2.45) is 11.7 Å². The molecule has 1 aromatic rings. The SMILES string of the molecule is CCC(C)C(N)C(=O)NCc1cn[nH]c1C. The standard InChI is InChI=1S/C11H20N4O/c1-4-7(2)10(12)11(16)13-5-9-6-14-15-8(9)3/h6-7,10H,4-5,12H2,1-3H3,(H,13,16)(H,14,15). The zero-order valence-corrected chi connectivity index (χ0v) is 10.1. The average molecular weight is 224 g/mol. The van der Waals surface area contributed by atoms with Gasteiger partial charge in [0.15, 0.2) is 0 Å². The molecule has 2 unspecified atom stereocenters. The highest BCUT2D eigenvalue weighted by molar-refractivity contribution is 5.81. The van der Waals surface area contributed by atoms with Gasteiger partial charge in [0, 0.05) is 17.8 Å². The molecule has 1 rings (SSSR count). The van der Waals surface area contributed by atoms with Crippen molar-refractivity contribution < 1.29 is 4.79 Å². The first-order valence-corrected chi connectivity index (χ1v) is 5.58. The van der Waals surface area contributed by atoms with E-state index in [0.29, 0.717) is 6.54 Å². The zero-order valence-electron chi connectivity index (χ0n) is 10.1. The first kappa shape index (κ1) is 12.7. The first-order chi connectivity index (χ1) is 7.56. The predicted molar refractivity (Wildman–Crippen MR) is 62.6 cm³/mol. The van der Waals surface area contributed by atoms with Crippen LogP contribution in [-0.2, 0) is 11.3 Å². The minimum absolute atomic E-state index is 0.102. The van der Waals surface area contributed by atoms with Crippen LogP contribution >= 0.6 is 0 Å². The summed E-state index contributed by atoms with van der Waals surface area (Å²) in [6.45, 7) is 6.40. The van der Waals surface area contributed by atoms with E-state index in [0.717, 1.165) is 17.7 Å². The summed E-state index contributed by atoms with van der Waals surface area (Å²) in [5.74, 6) is 0.0976. The Morgan fingerprint density at radius 3 is 2.88 bits per heavy atom. The van der Waals surface area contributed by atoms with Gasteiger partial charge in [-0.3, -0.25) is 9.89 Å². The number of amides is 1. The minimum Gasteiger partial charge on any atom is -0.351 e. The van der Waals surface area contributed by atoms with Crippen molar-refractivity contribution in [3.63, 3.8) is 0 Å². The van der Waals surface area contributed by atoms with E-state index in [1.165, 1.54) is 0 Å². The van der Waals surface area contributed by atoms with Crippen molar-refractivity contribution in [3.8, 4) is 0 Å². The van der Waals surface area contributed by atoms with Crippen molar-refractivity contribution >= 4 is 5.91 Å². The molecule has 0 spiro atoms. The molecule has 90 valence electrons. The number of aryl methyl sites for hydroxylation is 1. The van der Waals surface area contributed by atoms with Crippen LogP contribution in [0.5, 0.6) is 0 Å². The third kappa shape index (κ3) is 3.06. The number of H-pyrrole nitrogens is 1. The molecule has 0 saturated heterocycles. The van der Waals surface area contributed by atoms with Crippen LogP contribution in [0.1, 0.15) is 31.5 Å². The molecule has 0 aliphatic carbocycles. The van der Waals surface area contributed by atoms with Gasteiger partial charge in [0.1, 0.15) is 0 Å². The third-order valence-electron chi connectivity index (χ3n) is 2.95. The van der Waals surface area contributed by atoms with Gasteiger partial charge in [-0.25, -0.2) is 0 Å². The number of nitrogens with zero attached hydrogens (tertiary/aromatic N) is 1. The highest BCUT2D eigenvalue weighted by atomic mass is 16.2. The molecule has 1 amide bonds. The van der Waals surface area contributed by atoms with Crippen LogP contribution < -0.4 is 11.1 Å². The molecule has 2 atom stereocenters. The second-order valence-corrected chi connectivity index (χ2v) is 4.15. The maximum absolute atomic E-state index is 11.7. The molecule has 0 aromatic carbocycles. The summed E-state index contributed by atoms with van der Waals surface area (Å²) in [6.07, 6.45) is 2.61. The van der Waals surface area contributed by atoms with Gasteiger partial charge in [-0.15, -0.1) is 0 Å². The number of hydrogen-bond acceptors (Lipinski definition) is 3. The lowest BCUT2D eigenvalue weighted by atomic mass is 9.99. The molecule has 0 aliphatic rings. The fourth-order valence-electron chi connectivity index (χ4n) is 1.37. The molecular formula is C11H20N4O. The van der Waals surface area contributed by atoms with Crippen LogP contribution in [-0.4, -0.2) is 22.1 Å². The molecule has 1 aromatic heterocycles. The van der Waals surface area contributed by atoms with Gasteiger partial charge in [0.2, 0.25) is 5.91 Å². The fourth-order valence-corrected chi connectivity index (χ4v) is 1.37. The zero-order chi connectivity index (χ0) is 12.1. The van der Waals surface area contributed by atoms with Gasteiger partial charge in [0.25, 0.3) is 0 Å². The molecule has 0 bridgehead atoms. The van der Waals surface area contributed by atoms with Crippen LogP contribution in [0.4, 0.5) is 0 Å². The van der Waals surface area contributed by atoms with Crippen molar-refractivity contribution in [2.45, 2.75) is 39.8 Å². The molecule has 5 nitrogen and oxygen atoms in total. The van der Waals surface area contributed by atoms with E-state index < -0.39 is 6.04 Å². The maximum Gasteiger partial charge on any atom is 0.237 e. The highest BCUT2D eigenvalue weighted by Crippen LogP contribution is 2.06. The summed E-state index contributed by atoms with van der Waals surface area (Å²) < 4.78 is 0. The Kier molecular flexibility index (Phi) is 4.49. The summed E-state index contributed by atoms with van der Waals surface area (Å²) in [5.41, 5.74) is 7.77. The number of rotatable bonds is 5. The summed E-state index contributed by atoms with van der Waals surface area (Å²) in [4.78, 5) is 11.7. The van der Waals surface area contributed by atoms with Crippen molar-refractivity contribution in [2.75, 3.05) is 0 Å². The van der Waals surface area contributed by atoms with Crippen LogP contribution in [0.15, 0.2) is 6.20 Å². The molecule has 0 radical (unpaired) electrons. The Hall–Kier alpha value is -1.36. The molecule has 5 heteroatoms. The number of carbonyl (C=O) groups is 1. The predicted octanol–water partition coefficient (Wildman–Crippen LogP) is 0.708. The Balaban J connectivity index is 2.44. The number of aromatic nitrogens is 2. The van der Waals surface area contributed by atoms with Crippen LogP contribution in [0, 0.1) is 12.8 Å². The molecule has 0 saturated carbocycles. The van der Waals surface area contributed by atoms with Gasteiger partial charge in [-0.2, -0.15) is 5.10 Å². The highest BCUT2D eigenvalue weighted by Gasteiger charge is 2.19. The Bertz CT molecular complexity index is 348. The van der Waals surface area contributed by atoms with Gasteiger partial charge in [-0.1, -0.05) is 20.3 Å². The summed E-state index contributed by atoms with van der Waals surface area (Å²) in [7, 11) is 0. The number of nitrogens with two attached hydrogens (primary N) is 1. The van der Waals surface area contributed by atoms with Gasteiger partial charge in [0.05, 0.1) is 12.2 Å². The number of nitrogens with one attached hydrogen (secondary N) is 2. The summed E-state index contributed by atoms with van der Waals surface area (Å²) in [6, 6.07) is -0.433. The van der Waals surface area contributed by atoms with E-state index in [4.69, 9.17) is 5.73 Å². The average Bonchev–Trinajstić information content (AvgIpc) is 2.69. The fraction of sp³-hybridized carbons (Fsp3) is 0.636. The molecule has 0 fully saturated rings. The Morgan fingerprint density at radius 1 is 1.69 bits per heavy atom. The lowest BCUT2D eigenvalue weighted by molar-refractivity contribution is -0.123. The van der Waals surface area contributed by atoms with Crippen LogP contribution in [0.25, 0.3) is 0 Å². The molecular weight excluding hydrogens is 204 g/mol. The van der Waals surface area contributed by atoms with E-state index >= 15 is 0 Å². The second kappa shape index (κ2) is 5.65. The molecule has 1 heterocycles. The van der Waals surface area contributed by atoms with Gasteiger partial charge >= 0.3 is 0 Å². The molecule has 4 N–H and O–H groups in total. The number of hydrogen-bond donors (Lipinski definition) is 3. The number of carbonyl (C=O) groups excluding carboxylic acids is 1. The van der Waals surface area contributed by atoms with Crippen molar-refractivity contribution in [1.82, 2.24) is 15.5 Å². The number of aromatic amines is 1. The summed E-state index contributed by atoms with van der Waals surface area (Å²) in [5, 5.41) is 9.53. The third-order valence-corrected chi connectivity index (χ3v) is 2.95. The van der Waals surface area contributed by atoms with E-state index in [2.05, 4.69) is 15.5 Å². The van der Waals surface area contributed by atoms with Crippen molar-refractivity contribution in [1.29, 1.82) is 0 Å². The molecule has 0 aliphatic heterocycles. The largest absolute Gasteiger partial charge is 0.351 e. The van der Waals surface area contributed by atoms with Gasteiger partial charge in [-0.05, 0) is 12.8 Å². The maximum atomic E-state index is 11.7. The van der Waals surface area contributed by atoms with Crippen molar-refractivity contribution in [3.05, 3.63) is 17.5 Å². The van der Waals surface area contributed by atoms with E-state index in [1.807, 2.05) is 20.8 Å².